The number of hydrogen-bond donors (Lipinski definition) is 0. The van der Waals surface area contributed by atoms with Crippen LogP contribution in [0.2, 0.25) is 0 Å². The van der Waals surface area contributed by atoms with E-state index in [9.17, 15) is 17.6 Å². The fourth-order valence-electron chi connectivity index (χ4n) is 3.18. The Bertz CT molecular complexity index is 1140. The smallest absolute Gasteiger partial charge is 0.338 e. The van der Waals surface area contributed by atoms with Gasteiger partial charge in [0.15, 0.2) is 0 Å². The van der Waals surface area contributed by atoms with Gasteiger partial charge in [0.2, 0.25) is 15.9 Å². The van der Waals surface area contributed by atoms with Crippen LogP contribution in [0.3, 0.4) is 0 Å². The number of hydrogen-bond acceptors (Lipinski definition) is 7. The molecule has 3 heterocycles. The van der Waals surface area contributed by atoms with Crippen molar-refractivity contribution in [1.82, 2.24) is 9.29 Å². The summed E-state index contributed by atoms with van der Waals surface area (Å²) in [7, 11) is -4.01. The predicted molar refractivity (Wildman–Crippen MR) is 108 cm³/mol. The van der Waals surface area contributed by atoms with Crippen molar-refractivity contribution < 1.29 is 26.8 Å². The van der Waals surface area contributed by atoms with Crippen molar-refractivity contribution in [2.75, 3.05) is 13.1 Å². The van der Waals surface area contributed by atoms with Gasteiger partial charge in [-0.15, -0.1) is 11.3 Å². The molecule has 10 heteroatoms. The first-order valence-corrected chi connectivity index (χ1v) is 11.7. The summed E-state index contributed by atoms with van der Waals surface area (Å²) in [6, 6.07) is 6.93. The highest BCUT2D eigenvalue weighted by molar-refractivity contribution is 7.89. The molecule has 3 aromatic rings. The minimum Gasteiger partial charge on any atom is -0.455 e. The number of aromatic nitrogens is 1. The number of piperidine rings is 1. The van der Waals surface area contributed by atoms with Crippen LogP contribution in [0, 0.1) is 5.82 Å². The SMILES string of the molecule is O=C(OCc1coc(-c2cccs2)n1)c1ccc(F)c(S(=O)(=O)N2CCCCC2)c1. The molecule has 4 rings (SSSR count). The Kier molecular flexibility index (Phi) is 5.98. The minimum atomic E-state index is -4.01. The molecule has 0 spiro atoms. The Morgan fingerprint density at radius 2 is 2.03 bits per heavy atom. The third-order valence-electron chi connectivity index (χ3n) is 4.73. The van der Waals surface area contributed by atoms with Crippen molar-refractivity contribution in [2.45, 2.75) is 30.8 Å². The lowest BCUT2D eigenvalue weighted by Gasteiger charge is -2.26. The molecule has 1 aromatic carbocycles. The first kappa shape index (κ1) is 20.7. The molecule has 1 aliphatic rings. The van der Waals surface area contributed by atoms with Crippen LogP contribution in [0.4, 0.5) is 4.39 Å². The van der Waals surface area contributed by atoms with Crippen LogP contribution in [0.1, 0.15) is 35.3 Å². The van der Waals surface area contributed by atoms with Crippen molar-refractivity contribution in [3.05, 3.63) is 59.0 Å². The molecule has 0 atom stereocenters. The molecule has 0 bridgehead atoms. The Hall–Kier alpha value is -2.56. The zero-order valence-electron chi connectivity index (χ0n) is 15.9. The largest absolute Gasteiger partial charge is 0.455 e. The van der Waals surface area contributed by atoms with Gasteiger partial charge in [-0.25, -0.2) is 22.6 Å². The summed E-state index contributed by atoms with van der Waals surface area (Å²) in [4.78, 5) is 17.0. The molecule has 0 radical (unpaired) electrons. The van der Waals surface area contributed by atoms with Crippen LogP contribution in [0.5, 0.6) is 0 Å². The Balaban J connectivity index is 1.47. The molecule has 0 amide bonds. The van der Waals surface area contributed by atoms with E-state index in [0.717, 1.165) is 36.3 Å². The zero-order valence-corrected chi connectivity index (χ0v) is 17.5. The summed E-state index contributed by atoms with van der Waals surface area (Å²) < 4.78 is 51.7. The molecule has 0 unspecified atom stereocenters. The quantitative estimate of drug-likeness (QED) is 0.526. The first-order chi connectivity index (χ1) is 14.4. The van der Waals surface area contributed by atoms with Gasteiger partial charge in [0, 0.05) is 13.1 Å². The van der Waals surface area contributed by atoms with Gasteiger partial charge in [0.1, 0.15) is 29.3 Å². The predicted octanol–water partition coefficient (Wildman–Crippen LogP) is 4.07. The van der Waals surface area contributed by atoms with E-state index in [1.165, 1.54) is 28.0 Å². The third kappa shape index (κ3) is 4.30. The number of nitrogens with zero attached hydrogens (tertiary/aromatic N) is 2. The monoisotopic (exact) mass is 450 g/mol. The number of halogens is 1. The Morgan fingerprint density at radius 1 is 1.23 bits per heavy atom. The maximum Gasteiger partial charge on any atom is 0.338 e. The van der Waals surface area contributed by atoms with Crippen LogP contribution in [-0.2, 0) is 21.4 Å². The van der Waals surface area contributed by atoms with E-state index in [1.807, 2.05) is 17.5 Å². The molecule has 1 saturated heterocycles. The summed E-state index contributed by atoms with van der Waals surface area (Å²) in [5.74, 6) is -1.24. The van der Waals surface area contributed by atoms with Crippen LogP contribution >= 0.6 is 11.3 Å². The average molecular weight is 451 g/mol. The maximum absolute atomic E-state index is 14.3. The van der Waals surface area contributed by atoms with E-state index in [1.54, 1.807) is 0 Å². The van der Waals surface area contributed by atoms with Crippen molar-refractivity contribution in [3.63, 3.8) is 0 Å². The highest BCUT2D eigenvalue weighted by Gasteiger charge is 2.29. The van der Waals surface area contributed by atoms with E-state index >= 15 is 0 Å². The summed E-state index contributed by atoms with van der Waals surface area (Å²) in [5.41, 5.74) is 0.365. The number of carbonyl (C=O) groups excluding carboxylic acids is 1. The van der Waals surface area contributed by atoms with Gasteiger partial charge in [-0.3, -0.25) is 0 Å². The zero-order chi connectivity index (χ0) is 21.1. The van der Waals surface area contributed by atoms with Gasteiger partial charge in [0.25, 0.3) is 0 Å². The van der Waals surface area contributed by atoms with Crippen LogP contribution in [0.15, 0.2) is 51.3 Å². The number of rotatable bonds is 6. The Labute approximate surface area is 177 Å². The lowest BCUT2D eigenvalue weighted by molar-refractivity contribution is 0.0467. The number of esters is 1. The lowest BCUT2D eigenvalue weighted by atomic mass is 10.2. The summed E-state index contributed by atoms with van der Waals surface area (Å²) in [5, 5.41) is 1.89. The van der Waals surface area contributed by atoms with Gasteiger partial charge < -0.3 is 9.15 Å². The third-order valence-corrected chi connectivity index (χ3v) is 7.51. The van der Waals surface area contributed by atoms with Crippen molar-refractivity contribution in [2.24, 2.45) is 0 Å². The number of ether oxygens (including phenoxy) is 1. The van der Waals surface area contributed by atoms with Gasteiger partial charge in [0.05, 0.1) is 10.4 Å². The number of sulfonamides is 1. The van der Waals surface area contributed by atoms with Gasteiger partial charge >= 0.3 is 5.97 Å². The van der Waals surface area contributed by atoms with Crippen LogP contribution in [0.25, 0.3) is 10.8 Å². The number of carbonyl (C=O) groups is 1. The second kappa shape index (κ2) is 8.66. The van der Waals surface area contributed by atoms with Crippen LogP contribution < -0.4 is 0 Å². The highest BCUT2D eigenvalue weighted by Crippen LogP contribution is 2.25. The van der Waals surface area contributed by atoms with Crippen molar-refractivity contribution in [1.29, 1.82) is 0 Å². The molecule has 158 valence electrons. The van der Waals surface area contributed by atoms with E-state index in [-0.39, 0.29) is 12.2 Å². The summed E-state index contributed by atoms with van der Waals surface area (Å²) in [6.07, 6.45) is 3.79. The molecule has 0 aliphatic carbocycles. The molecule has 1 fully saturated rings. The minimum absolute atomic E-state index is 0.0473. The molecule has 1 aliphatic heterocycles. The average Bonchev–Trinajstić information content (AvgIpc) is 3.45. The fourth-order valence-corrected chi connectivity index (χ4v) is 5.44. The van der Waals surface area contributed by atoms with Crippen molar-refractivity contribution in [3.8, 4) is 10.8 Å². The normalized spacial score (nSPS) is 15.2. The number of thiophene rings is 1. The molecular weight excluding hydrogens is 431 g/mol. The summed E-state index contributed by atoms with van der Waals surface area (Å²) in [6.45, 7) is 0.531. The first-order valence-electron chi connectivity index (χ1n) is 9.40. The fraction of sp³-hybridized carbons (Fsp3) is 0.300. The van der Waals surface area contributed by atoms with Crippen molar-refractivity contribution >= 4 is 27.3 Å². The van der Waals surface area contributed by atoms with E-state index in [0.29, 0.717) is 24.7 Å². The maximum atomic E-state index is 14.3. The van der Waals surface area contributed by atoms with Crippen LogP contribution in [-0.4, -0.2) is 36.8 Å². The second-order valence-electron chi connectivity index (χ2n) is 6.81. The summed E-state index contributed by atoms with van der Waals surface area (Å²) >= 11 is 1.47. The number of benzene rings is 1. The number of oxazole rings is 1. The van der Waals surface area contributed by atoms with Gasteiger partial charge in [-0.1, -0.05) is 12.5 Å². The molecule has 7 nitrogen and oxygen atoms in total. The standard InChI is InChI=1S/C20H19FN2O5S2/c21-16-7-6-14(11-18(16)30(25,26)23-8-2-1-3-9-23)20(24)28-13-15-12-27-19(22-15)17-5-4-10-29-17/h4-7,10-12H,1-3,8-9,13H2. The molecular formula is C20H19FN2O5S2. The molecule has 2 aromatic heterocycles. The van der Waals surface area contributed by atoms with Gasteiger partial charge in [-0.2, -0.15) is 4.31 Å². The molecule has 0 saturated carbocycles. The second-order valence-corrected chi connectivity index (χ2v) is 9.66. The van der Waals surface area contributed by atoms with E-state index in [4.69, 9.17) is 9.15 Å². The topological polar surface area (TPSA) is 89.7 Å². The van der Waals surface area contributed by atoms with Gasteiger partial charge in [-0.05, 0) is 42.5 Å². The molecule has 0 N–H and O–H groups in total. The van der Waals surface area contributed by atoms with E-state index < -0.39 is 26.7 Å². The lowest BCUT2D eigenvalue weighted by Crippen LogP contribution is -2.36. The Morgan fingerprint density at radius 3 is 2.77 bits per heavy atom. The van der Waals surface area contributed by atoms with E-state index in [2.05, 4.69) is 4.98 Å². The molecule has 30 heavy (non-hydrogen) atoms. The highest BCUT2D eigenvalue weighted by atomic mass is 32.2.